The summed E-state index contributed by atoms with van der Waals surface area (Å²) in [6.45, 7) is 0. The van der Waals surface area contributed by atoms with Gasteiger partial charge in [0.1, 0.15) is 13.8 Å². The zero-order valence-electron chi connectivity index (χ0n) is 21.6. The maximum atomic E-state index is 11.7. The van der Waals surface area contributed by atoms with Crippen molar-refractivity contribution in [2.45, 2.75) is 0 Å². The number of hydrogen-bond donors (Lipinski definition) is 0. The Morgan fingerprint density at radius 2 is 0.841 bits per heavy atom. The minimum atomic E-state index is -2.20. The number of aromatic nitrogens is 4. The fourth-order valence-electron chi connectivity index (χ4n) is 3.76. The summed E-state index contributed by atoms with van der Waals surface area (Å²) in [5.41, 5.74) is 3.54. The molecule has 0 bridgehead atoms. The molecular formula is C25H15Br11N4O2P2. The second kappa shape index (κ2) is 16.7. The molecule has 0 spiro atoms. The summed E-state index contributed by atoms with van der Waals surface area (Å²) in [7, 11) is 1.77. The molecule has 0 N–H and O–H groups in total. The third kappa shape index (κ3) is 14.0. The van der Waals surface area contributed by atoms with Crippen molar-refractivity contribution >= 4 is 219 Å². The largest absolute Gasteiger partial charge is 0.309 e. The SMILES string of the molecule is BrP(Br)(Br)(Br)Br.Brc1ccc2ccc3ccc(Br)nc3c2n1.Cn1c(=O)ccc2ccc3ccc(Br)nc3c21.O=P(Br)(Br)Br. The van der Waals surface area contributed by atoms with E-state index >= 15 is 0 Å². The summed E-state index contributed by atoms with van der Waals surface area (Å²) in [6, 6.07) is 23.4. The Kier molecular flexibility index (Phi) is 15.3. The molecule has 2 aromatic carbocycles. The van der Waals surface area contributed by atoms with Gasteiger partial charge in [-0.3, -0.25) is 9.36 Å². The number of benzene rings is 2. The number of rotatable bonds is 0. The van der Waals surface area contributed by atoms with Crippen molar-refractivity contribution in [3.05, 3.63) is 97.0 Å². The molecule has 234 valence electrons. The fraction of sp³-hybridized carbons (Fsp3) is 0.0400. The van der Waals surface area contributed by atoms with Gasteiger partial charge < -0.3 is 4.57 Å². The Morgan fingerprint density at radius 1 is 0.568 bits per heavy atom. The average Bonchev–Trinajstić information content (AvgIpc) is 2.88. The van der Waals surface area contributed by atoms with E-state index in [1.807, 2.05) is 54.6 Å². The van der Waals surface area contributed by atoms with Gasteiger partial charge in [0.2, 0.25) is 0 Å². The predicted molar refractivity (Wildman–Crippen MR) is 231 cm³/mol. The van der Waals surface area contributed by atoms with Crippen LogP contribution in [0.4, 0.5) is 0 Å². The van der Waals surface area contributed by atoms with Crippen molar-refractivity contribution in [2.24, 2.45) is 7.05 Å². The second-order valence-corrected chi connectivity index (χ2v) is 80.4. The molecule has 0 radical (unpaired) electrons. The van der Waals surface area contributed by atoms with Crippen LogP contribution in [0, 0.1) is 0 Å². The molecule has 0 aliphatic heterocycles. The zero-order chi connectivity index (χ0) is 33.1. The maximum Gasteiger partial charge on any atom is 0.268 e. The molecule has 0 aliphatic rings. The number of nitrogens with zero attached hydrogens (tertiary/aromatic N) is 4. The van der Waals surface area contributed by atoms with Crippen LogP contribution in [0.1, 0.15) is 0 Å². The van der Waals surface area contributed by atoms with Gasteiger partial charge in [0.05, 0.1) is 22.1 Å². The summed E-state index contributed by atoms with van der Waals surface area (Å²) in [5.74, 6) is 0. The van der Waals surface area contributed by atoms with E-state index < -0.39 is 3.36 Å². The first kappa shape index (κ1) is 40.3. The van der Waals surface area contributed by atoms with Gasteiger partial charge in [-0.05, 0) is 72.1 Å². The molecule has 0 unspecified atom stereocenters. The van der Waals surface area contributed by atoms with Crippen LogP contribution in [0.3, 0.4) is 0 Å². The summed E-state index contributed by atoms with van der Waals surface area (Å²) >= 11 is 34.8. The molecule has 4 aromatic heterocycles. The van der Waals surface area contributed by atoms with Crippen LogP contribution in [0.25, 0.3) is 43.6 Å². The van der Waals surface area contributed by atoms with Crippen molar-refractivity contribution in [3.63, 3.8) is 0 Å². The Labute approximate surface area is 341 Å². The molecular weight excluding hydrogens is 1330 g/mol. The smallest absolute Gasteiger partial charge is 0.268 e. The number of pyridine rings is 4. The minimum Gasteiger partial charge on any atom is -0.309 e. The van der Waals surface area contributed by atoms with E-state index in [4.69, 9.17) is 0 Å². The molecule has 0 atom stereocenters. The fourth-order valence-corrected chi connectivity index (χ4v) is 4.68. The molecule has 0 saturated heterocycles. The Morgan fingerprint density at radius 3 is 1.23 bits per heavy atom. The Balaban J connectivity index is 0.000000182. The Hall–Kier alpha value is 1.82. The van der Waals surface area contributed by atoms with Gasteiger partial charge >= 0.3 is 77.6 Å². The topological polar surface area (TPSA) is 77.7 Å². The monoisotopic (exact) mass is 1330 g/mol. The minimum absolute atomic E-state index is 0.0215. The number of fused-ring (bicyclic) bond motifs is 6. The average molecular weight is 1340 g/mol. The van der Waals surface area contributed by atoms with Crippen LogP contribution in [0.2, 0.25) is 0 Å². The number of aryl methyl sites for hydroxylation is 1. The number of hydrogen-bond acceptors (Lipinski definition) is 5. The van der Waals surface area contributed by atoms with E-state index in [9.17, 15) is 9.36 Å². The van der Waals surface area contributed by atoms with Gasteiger partial charge in [-0.2, -0.15) is 0 Å². The van der Waals surface area contributed by atoms with Gasteiger partial charge in [-0.15, -0.1) is 0 Å². The van der Waals surface area contributed by atoms with E-state index in [0.29, 0.717) is 0 Å². The van der Waals surface area contributed by atoms with Crippen LogP contribution in [-0.2, 0) is 11.6 Å². The third-order valence-electron chi connectivity index (χ3n) is 5.36. The quantitative estimate of drug-likeness (QED) is 0.0860. The molecule has 6 rings (SSSR count). The van der Waals surface area contributed by atoms with Crippen molar-refractivity contribution < 1.29 is 4.57 Å². The maximum absolute atomic E-state index is 11.7. The van der Waals surface area contributed by atoms with Gasteiger partial charge in [0.15, 0.2) is 0 Å². The molecule has 0 aliphatic carbocycles. The molecule has 0 amide bonds. The van der Waals surface area contributed by atoms with Gasteiger partial charge in [-0.25, -0.2) is 15.0 Å². The summed E-state index contributed by atoms with van der Waals surface area (Å²) in [6.07, 6.45) is 0. The van der Waals surface area contributed by atoms with Crippen molar-refractivity contribution in [1.82, 2.24) is 19.5 Å². The second-order valence-electron chi connectivity index (χ2n) is 8.45. The predicted octanol–water partition coefficient (Wildman–Crippen LogP) is 15.5. The van der Waals surface area contributed by atoms with E-state index in [0.717, 1.165) is 57.4 Å². The van der Waals surface area contributed by atoms with Gasteiger partial charge in [0.25, 0.3) is 8.81 Å². The van der Waals surface area contributed by atoms with Crippen molar-refractivity contribution in [2.75, 3.05) is 0 Å². The van der Waals surface area contributed by atoms with Crippen molar-refractivity contribution in [1.29, 1.82) is 0 Å². The molecule has 0 saturated carbocycles. The zero-order valence-corrected chi connectivity index (χ0v) is 40.8. The molecule has 6 aromatic rings. The number of halogens is 11. The molecule has 0 fully saturated rings. The van der Waals surface area contributed by atoms with Crippen molar-refractivity contribution in [3.8, 4) is 0 Å². The van der Waals surface area contributed by atoms with E-state index in [1.54, 1.807) is 17.7 Å². The van der Waals surface area contributed by atoms with E-state index in [1.165, 1.54) is 0 Å². The summed E-state index contributed by atoms with van der Waals surface area (Å²) in [4.78, 5) is 25.1. The molecule has 6 nitrogen and oxygen atoms in total. The van der Waals surface area contributed by atoms with Crippen LogP contribution >= 0.6 is 175 Å². The standard InChI is InChI=1S/C13H9BrN2O.C12H6Br2N2.Br5P.Br3OP/c1-16-11(17)7-5-9-3-2-8-4-6-10(14)15-12(8)13(9)16;13-9-5-3-7-1-2-8-4-6-10(14)16-12(8)11(7)15-9;1-6(2,3,4)5;1-5(2,3)4/h2-7H,1H3;1-6H;;. The van der Waals surface area contributed by atoms with Crippen LogP contribution < -0.4 is 5.56 Å². The first-order valence-electron chi connectivity index (χ1n) is 11.5. The first-order valence-corrected chi connectivity index (χ1v) is 34.0. The normalized spacial score (nSPS) is 12.3. The van der Waals surface area contributed by atoms with E-state index in [2.05, 4.69) is 199 Å². The van der Waals surface area contributed by atoms with Crippen LogP contribution in [0.5, 0.6) is 0 Å². The third-order valence-corrected chi connectivity index (χ3v) is 6.68. The molecule has 19 heteroatoms. The molecule has 44 heavy (non-hydrogen) atoms. The van der Waals surface area contributed by atoms with E-state index in [-0.39, 0.29) is 5.56 Å². The summed E-state index contributed by atoms with van der Waals surface area (Å²) in [5, 5.41) is 4.25. The van der Waals surface area contributed by atoms with Crippen LogP contribution in [-0.4, -0.2) is 19.5 Å². The summed E-state index contributed by atoms with van der Waals surface area (Å²) < 4.78 is 9.84. The van der Waals surface area contributed by atoms with Gasteiger partial charge in [-0.1, -0.05) is 42.5 Å². The first-order chi connectivity index (χ1) is 20.1. The molecule has 4 heterocycles. The van der Waals surface area contributed by atoms with Crippen LogP contribution in [0.15, 0.2) is 91.4 Å². The Bertz CT molecular complexity index is 2010. The van der Waals surface area contributed by atoms with Gasteiger partial charge in [0, 0.05) is 81.1 Å².